The molecule has 0 fully saturated rings. The van der Waals surface area contributed by atoms with E-state index in [9.17, 15) is 5.11 Å². The van der Waals surface area contributed by atoms with Crippen LogP contribution < -0.4 is 0 Å². The van der Waals surface area contributed by atoms with Gasteiger partial charge in [0.25, 0.3) is 0 Å². The molecule has 0 saturated carbocycles. The Labute approximate surface area is 89.3 Å². The van der Waals surface area contributed by atoms with Crippen LogP contribution in [-0.4, -0.2) is 5.11 Å². The molecule has 15 heavy (non-hydrogen) atoms. The van der Waals surface area contributed by atoms with Crippen molar-refractivity contribution in [3.05, 3.63) is 66.7 Å². The molecule has 2 aromatic carbocycles. The van der Waals surface area contributed by atoms with Gasteiger partial charge in [-0.05, 0) is 17.2 Å². The molecule has 0 amide bonds. The molecule has 74 valence electrons. The van der Waals surface area contributed by atoms with Crippen molar-refractivity contribution >= 4 is 5.76 Å². The Morgan fingerprint density at radius 1 is 0.867 bits per heavy atom. The lowest BCUT2D eigenvalue weighted by Gasteiger charge is -2.04. The maximum Gasteiger partial charge on any atom is 0.115 e. The third-order valence-corrected chi connectivity index (χ3v) is 2.30. The van der Waals surface area contributed by atoms with Gasteiger partial charge < -0.3 is 5.11 Å². The van der Waals surface area contributed by atoms with Gasteiger partial charge in [0.15, 0.2) is 0 Å². The minimum atomic E-state index is 0.104. The third-order valence-electron chi connectivity index (χ3n) is 2.30. The van der Waals surface area contributed by atoms with Gasteiger partial charge >= 0.3 is 0 Å². The molecule has 2 aromatic rings. The lowest BCUT2D eigenvalue weighted by Crippen LogP contribution is -1.82. The third kappa shape index (κ3) is 2.08. The summed E-state index contributed by atoms with van der Waals surface area (Å²) in [6.45, 7) is 3.52. The fraction of sp³-hybridized carbons (Fsp3) is 0. The molecule has 1 nitrogen and oxygen atoms in total. The summed E-state index contributed by atoms with van der Waals surface area (Å²) in [6.07, 6.45) is 0. The Kier molecular flexibility index (Phi) is 2.55. The molecule has 1 heteroatoms. The van der Waals surface area contributed by atoms with Crippen molar-refractivity contribution in [2.24, 2.45) is 0 Å². The molecule has 0 spiro atoms. The average Bonchev–Trinajstić information content (AvgIpc) is 2.30. The summed E-state index contributed by atoms with van der Waals surface area (Å²) in [4.78, 5) is 0. The van der Waals surface area contributed by atoms with E-state index in [1.165, 1.54) is 0 Å². The first-order valence-corrected chi connectivity index (χ1v) is 4.81. The summed E-state index contributed by atoms with van der Waals surface area (Å²) < 4.78 is 0. The molecule has 0 atom stereocenters. The van der Waals surface area contributed by atoms with Crippen LogP contribution in [0.25, 0.3) is 16.9 Å². The SMILES string of the molecule is C=C(O)c1cccc(-c2ccccc2)c1. The second-order valence-corrected chi connectivity index (χ2v) is 3.39. The molecule has 0 aliphatic carbocycles. The number of benzene rings is 2. The molecular weight excluding hydrogens is 184 g/mol. The van der Waals surface area contributed by atoms with E-state index < -0.39 is 0 Å². The van der Waals surface area contributed by atoms with Gasteiger partial charge in [0.2, 0.25) is 0 Å². The Morgan fingerprint density at radius 3 is 2.20 bits per heavy atom. The van der Waals surface area contributed by atoms with Crippen LogP contribution in [0.1, 0.15) is 5.56 Å². The van der Waals surface area contributed by atoms with E-state index in [2.05, 4.69) is 6.58 Å². The number of hydrogen-bond donors (Lipinski definition) is 1. The Hall–Kier alpha value is -2.02. The van der Waals surface area contributed by atoms with Gasteiger partial charge in [-0.2, -0.15) is 0 Å². The molecule has 0 bridgehead atoms. The van der Waals surface area contributed by atoms with Gasteiger partial charge in [-0.1, -0.05) is 55.1 Å². The highest BCUT2D eigenvalue weighted by Gasteiger charge is 1.99. The van der Waals surface area contributed by atoms with Gasteiger partial charge in [-0.25, -0.2) is 0 Å². The average molecular weight is 196 g/mol. The van der Waals surface area contributed by atoms with Crippen LogP contribution in [-0.2, 0) is 0 Å². The number of aliphatic hydroxyl groups is 1. The first kappa shape index (κ1) is 9.53. The predicted octanol–water partition coefficient (Wildman–Crippen LogP) is 3.88. The zero-order valence-corrected chi connectivity index (χ0v) is 8.35. The summed E-state index contributed by atoms with van der Waals surface area (Å²) in [5.74, 6) is 0.104. The smallest absolute Gasteiger partial charge is 0.115 e. The summed E-state index contributed by atoms with van der Waals surface area (Å²) in [6, 6.07) is 17.8. The van der Waals surface area contributed by atoms with Crippen LogP contribution >= 0.6 is 0 Å². The largest absolute Gasteiger partial charge is 0.508 e. The van der Waals surface area contributed by atoms with Crippen molar-refractivity contribution in [3.8, 4) is 11.1 Å². The molecule has 0 aromatic heterocycles. The number of aliphatic hydroxyl groups excluding tert-OH is 1. The fourth-order valence-corrected chi connectivity index (χ4v) is 1.51. The molecule has 0 unspecified atom stereocenters. The summed E-state index contributed by atoms with van der Waals surface area (Å²) in [5.41, 5.74) is 2.99. The topological polar surface area (TPSA) is 20.2 Å². The van der Waals surface area contributed by atoms with Gasteiger partial charge in [0.05, 0.1) is 0 Å². The lowest BCUT2D eigenvalue weighted by atomic mass is 10.0. The lowest BCUT2D eigenvalue weighted by molar-refractivity contribution is 0.514. The zero-order valence-electron chi connectivity index (χ0n) is 8.35. The molecule has 0 saturated heterocycles. The van der Waals surface area contributed by atoms with E-state index in [1.807, 2.05) is 54.6 Å². The van der Waals surface area contributed by atoms with Crippen molar-refractivity contribution in [2.45, 2.75) is 0 Å². The second-order valence-electron chi connectivity index (χ2n) is 3.39. The quantitative estimate of drug-likeness (QED) is 0.722. The summed E-state index contributed by atoms with van der Waals surface area (Å²) in [5, 5.41) is 9.30. The molecule has 2 rings (SSSR count). The Balaban J connectivity index is 2.46. The van der Waals surface area contributed by atoms with Gasteiger partial charge in [-0.15, -0.1) is 0 Å². The van der Waals surface area contributed by atoms with Crippen LogP contribution in [0.4, 0.5) is 0 Å². The van der Waals surface area contributed by atoms with Gasteiger partial charge in [0.1, 0.15) is 5.76 Å². The van der Waals surface area contributed by atoms with E-state index in [4.69, 9.17) is 0 Å². The highest BCUT2D eigenvalue weighted by Crippen LogP contribution is 2.21. The van der Waals surface area contributed by atoms with Crippen LogP contribution in [0.2, 0.25) is 0 Å². The minimum absolute atomic E-state index is 0.104. The van der Waals surface area contributed by atoms with Gasteiger partial charge in [0, 0.05) is 5.56 Å². The van der Waals surface area contributed by atoms with E-state index in [1.54, 1.807) is 0 Å². The second kappa shape index (κ2) is 4.01. The number of rotatable bonds is 2. The standard InChI is InChI=1S/C14H12O/c1-11(15)13-8-5-9-14(10-13)12-6-3-2-4-7-12/h2-10,15H,1H2. The molecular formula is C14H12O. The van der Waals surface area contributed by atoms with Gasteiger partial charge in [-0.3, -0.25) is 0 Å². The van der Waals surface area contributed by atoms with E-state index >= 15 is 0 Å². The van der Waals surface area contributed by atoms with Crippen LogP contribution in [0.3, 0.4) is 0 Å². The predicted molar refractivity (Wildman–Crippen MR) is 63.5 cm³/mol. The molecule has 0 aliphatic heterocycles. The Morgan fingerprint density at radius 2 is 1.53 bits per heavy atom. The highest BCUT2D eigenvalue weighted by atomic mass is 16.3. The van der Waals surface area contributed by atoms with Crippen molar-refractivity contribution in [3.63, 3.8) is 0 Å². The Bertz CT molecular complexity index is 472. The zero-order chi connectivity index (χ0) is 10.7. The first-order chi connectivity index (χ1) is 7.27. The van der Waals surface area contributed by atoms with Crippen molar-refractivity contribution in [1.29, 1.82) is 0 Å². The van der Waals surface area contributed by atoms with Crippen molar-refractivity contribution in [2.75, 3.05) is 0 Å². The van der Waals surface area contributed by atoms with Crippen LogP contribution in [0.15, 0.2) is 61.2 Å². The minimum Gasteiger partial charge on any atom is -0.508 e. The molecule has 0 radical (unpaired) electrons. The highest BCUT2D eigenvalue weighted by molar-refractivity contribution is 5.68. The van der Waals surface area contributed by atoms with Crippen LogP contribution in [0.5, 0.6) is 0 Å². The van der Waals surface area contributed by atoms with Crippen molar-refractivity contribution < 1.29 is 5.11 Å². The summed E-state index contributed by atoms with van der Waals surface area (Å²) >= 11 is 0. The van der Waals surface area contributed by atoms with E-state index in [-0.39, 0.29) is 5.76 Å². The van der Waals surface area contributed by atoms with Crippen molar-refractivity contribution in [1.82, 2.24) is 0 Å². The maximum atomic E-state index is 9.30. The number of hydrogen-bond acceptors (Lipinski definition) is 1. The first-order valence-electron chi connectivity index (χ1n) is 4.81. The van der Waals surface area contributed by atoms with E-state index in [0.717, 1.165) is 16.7 Å². The molecule has 1 N–H and O–H groups in total. The molecule has 0 aliphatic rings. The molecule has 0 heterocycles. The normalized spacial score (nSPS) is 9.87. The van der Waals surface area contributed by atoms with E-state index in [0.29, 0.717) is 0 Å². The fourth-order valence-electron chi connectivity index (χ4n) is 1.51. The maximum absolute atomic E-state index is 9.30. The monoisotopic (exact) mass is 196 g/mol. The summed E-state index contributed by atoms with van der Waals surface area (Å²) in [7, 11) is 0. The van der Waals surface area contributed by atoms with Crippen LogP contribution in [0, 0.1) is 0 Å².